The number of carbonyl (C=O) groups excluding carboxylic acids is 1. The van der Waals surface area contributed by atoms with Crippen LogP contribution in [0.25, 0.3) is 10.9 Å². The Labute approximate surface area is 183 Å². The summed E-state index contributed by atoms with van der Waals surface area (Å²) >= 11 is 0. The summed E-state index contributed by atoms with van der Waals surface area (Å²) in [6, 6.07) is 18.9. The van der Waals surface area contributed by atoms with Gasteiger partial charge in [-0.2, -0.15) is 0 Å². The third kappa shape index (κ3) is 3.80. The third-order valence-electron chi connectivity index (χ3n) is 6.53. The Bertz CT molecular complexity index is 998. The van der Waals surface area contributed by atoms with E-state index in [1.54, 1.807) is 0 Å². The number of rotatable bonds is 5. The molecule has 6 heteroatoms. The fourth-order valence-corrected chi connectivity index (χ4v) is 4.96. The molecule has 1 spiro atoms. The Hall–Kier alpha value is -2.50. The molecule has 2 aliphatic rings. The van der Waals surface area contributed by atoms with Crippen molar-refractivity contribution in [2.24, 2.45) is 0 Å². The van der Waals surface area contributed by atoms with Gasteiger partial charge in [0.05, 0.1) is 6.04 Å². The van der Waals surface area contributed by atoms with E-state index < -0.39 is 0 Å². The zero-order chi connectivity index (χ0) is 19.7. The van der Waals surface area contributed by atoms with Gasteiger partial charge in [-0.1, -0.05) is 48.5 Å². The predicted octanol–water partition coefficient (Wildman–Crippen LogP) is 4.32. The van der Waals surface area contributed by atoms with Crippen molar-refractivity contribution in [3.05, 3.63) is 71.9 Å². The molecule has 0 bridgehead atoms. The van der Waals surface area contributed by atoms with Gasteiger partial charge in [-0.15, -0.1) is 12.4 Å². The van der Waals surface area contributed by atoms with Crippen LogP contribution in [0.1, 0.15) is 24.0 Å². The van der Waals surface area contributed by atoms with Crippen LogP contribution in [0.15, 0.2) is 60.8 Å². The minimum Gasteiger partial charge on any atom is -0.440 e. The number of fused-ring (bicyclic) bond motifs is 1. The molecule has 3 aromatic rings. The molecular weight excluding hydrogens is 398 g/mol. The van der Waals surface area contributed by atoms with E-state index in [4.69, 9.17) is 4.74 Å². The summed E-state index contributed by atoms with van der Waals surface area (Å²) in [4.78, 5) is 18.3. The molecule has 5 nitrogen and oxygen atoms in total. The molecule has 5 rings (SSSR count). The van der Waals surface area contributed by atoms with Crippen LogP contribution in [0, 0.1) is 0 Å². The lowest BCUT2D eigenvalue weighted by Gasteiger charge is -2.38. The maximum Gasteiger partial charge on any atom is 0.410 e. The number of amides is 1. The van der Waals surface area contributed by atoms with Crippen LogP contribution >= 0.6 is 12.4 Å². The Balaban J connectivity index is 0.00000218. The van der Waals surface area contributed by atoms with E-state index in [1.807, 2.05) is 17.0 Å². The summed E-state index contributed by atoms with van der Waals surface area (Å²) in [5, 5.41) is 4.64. The van der Waals surface area contributed by atoms with E-state index in [0.717, 1.165) is 44.3 Å². The minimum absolute atomic E-state index is 0. The maximum absolute atomic E-state index is 12.9. The monoisotopic (exact) mass is 425 g/mol. The van der Waals surface area contributed by atoms with E-state index in [9.17, 15) is 4.79 Å². The van der Waals surface area contributed by atoms with Crippen LogP contribution in [0.3, 0.4) is 0 Å². The third-order valence-corrected chi connectivity index (χ3v) is 6.53. The number of benzene rings is 2. The Morgan fingerprint density at radius 1 is 1.03 bits per heavy atom. The number of H-pyrrole nitrogens is 1. The second kappa shape index (κ2) is 8.70. The number of nitrogens with one attached hydrogen (secondary N) is 2. The van der Waals surface area contributed by atoms with E-state index in [-0.39, 0.29) is 30.1 Å². The van der Waals surface area contributed by atoms with Crippen molar-refractivity contribution in [3.63, 3.8) is 0 Å². The quantitative estimate of drug-likeness (QED) is 0.640. The summed E-state index contributed by atoms with van der Waals surface area (Å²) in [5.41, 5.74) is 3.27. The van der Waals surface area contributed by atoms with E-state index in [0.29, 0.717) is 6.54 Å². The summed E-state index contributed by atoms with van der Waals surface area (Å²) in [5.74, 6) is 0. The normalized spacial score (nSPS) is 20.3. The Morgan fingerprint density at radius 2 is 1.77 bits per heavy atom. The first-order valence-electron chi connectivity index (χ1n) is 10.5. The second-order valence-corrected chi connectivity index (χ2v) is 8.19. The number of hydrogen-bond donors (Lipinski definition) is 2. The average Bonchev–Trinajstić information content (AvgIpc) is 3.27. The Kier molecular flexibility index (Phi) is 6.02. The first kappa shape index (κ1) is 20.8. The second-order valence-electron chi connectivity index (χ2n) is 8.19. The highest BCUT2D eigenvalue weighted by atomic mass is 35.5. The zero-order valence-corrected chi connectivity index (χ0v) is 17.8. The van der Waals surface area contributed by atoms with Gasteiger partial charge in [0, 0.05) is 36.5 Å². The molecular formula is C24H28ClN3O2. The molecule has 1 amide bonds. The number of halogens is 1. The number of para-hydroxylation sites is 1. The van der Waals surface area contributed by atoms with Crippen molar-refractivity contribution < 1.29 is 9.53 Å². The van der Waals surface area contributed by atoms with Gasteiger partial charge in [-0.3, -0.25) is 0 Å². The van der Waals surface area contributed by atoms with E-state index >= 15 is 0 Å². The molecule has 1 aromatic heterocycles. The van der Waals surface area contributed by atoms with Gasteiger partial charge in [-0.05, 0) is 43.1 Å². The number of aromatic nitrogens is 1. The zero-order valence-electron chi connectivity index (χ0n) is 17.0. The van der Waals surface area contributed by atoms with Crippen LogP contribution in [-0.4, -0.2) is 47.3 Å². The van der Waals surface area contributed by atoms with Crippen molar-refractivity contribution >= 4 is 29.4 Å². The molecule has 0 aliphatic carbocycles. The number of aromatic amines is 1. The van der Waals surface area contributed by atoms with Crippen LogP contribution in [0.4, 0.5) is 4.79 Å². The predicted molar refractivity (Wildman–Crippen MR) is 121 cm³/mol. The number of nitrogens with zero attached hydrogens (tertiary/aromatic N) is 1. The van der Waals surface area contributed by atoms with Crippen LogP contribution < -0.4 is 5.32 Å². The molecule has 0 saturated carbocycles. The Morgan fingerprint density at radius 3 is 2.57 bits per heavy atom. The summed E-state index contributed by atoms with van der Waals surface area (Å²) in [6.07, 6.45) is 5.31. The van der Waals surface area contributed by atoms with Crippen LogP contribution in [0.5, 0.6) is 0 Å². The number of carbonyl (C=O) groups is 1. The molecule has 158 valence electrons. The first-order valence-corrected chi connectivity index (χ1v) is 10.5. The number of hydrogen-bond acceptors (Lipinski definition) is 3. The number of ether oxygens (including phenoxy) is 1. The van der Waals surface area contributed by atoms with Crippen molar-refractivity contribution in [1.82, 2.24) is 15.2 Å². The lowest BCUT2D eigenvalue weighted by molar-refractivity contribution is 0.00744. The molecule has 1 unspecified atom stereocenters. The molecule has 2 fully saturated rings. The fourth-order valence-electron chi connectivity index (χ4n) is 4.96. The SMILES string of the molecule is Cl.O=C1OC2(CCNCC2)C(Cc2ccccc2)N1CCc1c[nH]c2ccccc12. The van der Waals surface area contributed by atoms with Crippen molar-refractivity contribution in [2.75, 3.05) is 19.6 Å². The smallest absolute Gasteiger partial charge is 0.410 e. The largest absolute Gasteiger partial charge is 0.440 e. The lowest BCUT2D eigenvalue weighted by atomic mass is 9.81. The molecule has 2 saturated heterocycles. The average molecular weight is 426 g/mol. The van der Waals surface area contributed by atoms with Gasteiger partial charge in [0.1, 0.15) is 5.60 Å². The van der Waals surface area contributed by atoms with Gasteiger partial charge in [0.15, 0.2) is 0 Å². The van der Waals surface area contributed by atoms with Gasteiger partial charge in [0.25, 0.3) is 0 Å². The molecule has 3 heterocycles. The molecule has 2 N–H and O–H groups in total. The van der Waals surface area contributed by atoms with Crippen molar-refractivity contribution in [1.29, 1.82) is 0 Å². The van der Waals surface area contributed by atoms with Crippen molar-refractivity contribution in [3.8, 4) is 0 Å². The maximum atomic E-state index is 12.9. The van der Waals surface area contributed by atoms with Crippen molar-refractivity contribution in [2.45, 2.75) is 37.3 Å². The van der Waals surface area contributed by atoms with Gasteiger partial charge >= 0.3 is 6.09 Å². The topological polar surface area (TPSA) is 57.4 Å². The van der Waals surface area contributed by atoms with Crippen LogP contribution in [-0.2, 0) is 17.6 Å². The first-order chi connectivity index (χ1) is 14.3. The summed E-state index contributed by atoms with van der Waals surface area (Å²) in [6.45, 7) is 2.47. The summed E-state index contributed by atoms with van der Waals surface area (Å²) in [7, 11) is 0. The number of piperidine rings is 1. The van der Waals surface area contributed by atoms with E-state index in [2.05, 4.69) is 59.0 Å². The summed E-state index contributed by atoms with van der Waals surface area (Å²) < 4.78 is 6.08. The highest BCUT2D eigenvalue weighted by Gasteiger charge is 2.53. The van der Waals surface area contributed by atoms with Gasteiger partial charge in [0.2, 0.25) is 0 Å². The standard InChI is InChI=1S/C24H27N3O2.ClH/c28-23-27(15-10-19-17-26-21-9-5-4-8-20(19)21)22(16-18-6-2-1-3-7-18)24(29-23)11-13-25-14-12-24;/h1-9,17,22,25-26H,10-16H2;1H. The molecule has 0 radical (unpaired) electrons. The molecule has 2 aromatic carbocycles. The molecule has 2 aliphatic heterocycles. The lowest BCUT2D eigenvalue weighted by Crippen LogP contribution is -2.52. The minimum atomic E-state index is -0.377. The van der Waals surface area contributed by atoms with Gasteiger partial charge < -0.3 is 19.9 Å². The van der Waals surface area contributed by atoms with Crippen LogP contribution in [0.2, 0.25) is 0 Å². The van der Waals surface area contributed by atoms with E-state index in [1.165, 1.54) is 16.5 Å². The van der Waals surface area contributed by atoms with Gasteiger partial charge in [-0.25, -0.2) is 4.79 Å². The molecule has 30 heavy (non-hydrogen) atoms. The fraction of sp³-hybridized carbons (Fsp3) is 0.375. The molecule has 1 atom stereocenters. The highest BCUT2D eigenvalue weighted by molar-refractivity contribution is 5.85. The highest BCUT2D eigenvalue weighted by Crippen LogP contribution is 2.39.